The summed E-state index contributed by atoms with van der Waals surface area (Å²) in [6, 6.07) is 10.5. The Balaban J connectivity index is 1.24. The normalized spacial score (nSPS) is 21.4. The van der Waals surface area contributed by atoms with Gasteiger partial charge in [0.25, 0.3) is 5.91 Å². The molecule has 2 saturated heterocycles. The predicted octanol–water partition coefficient (Wildman–Crippen LogP) is 4.04. The summed E-state index contributed by atoms with van der Waals surface area (Å²) in [6.07, 6.45) is 6.36. The van der Waals surface area contributed by atoms with Crippen molar-refractivity contribution in [2.45, 2.75) is 25.8 Å². The SMILES string of the molecule is Cc1cn2cc(NC(=O)c3cc4ccc(N5CCC6CCN(C)CC65)nc4s3)ccc2n1. The third kappa shape index (κ3) is 3.43. The smallest absolute Gasteiger partial charge is 0.265 e. The molecule has 0 saturated carbocycles. The van der Waals surface area contributed by atoms with Gasteiger partial charge < -0.3 is 19.5 Å². The Morgan fingerprint density at radius 1 is 1.12 bits per heavy atom. The Morgan fingerprint density at radius 2 is 2.00 bits per heavy atom. The molecule has 2 fully saturated rings. The van der Waals surface area contributed by atoms with E-state index < -0.39 is 0 Å². The van der Waals surface area contributed by atoms with Crippen LogP contribution >= 0.6 is 11.3 Å². The maximum absolute atomic E-state index is 12.9. The molecule has 4 aromatic rings. The quantitative estimate of drug-likeness (QED) is 0.515. The van der Waals surface area contributed by atoms with E-state index in [4.69, 9.17) is 4.98 Å². The Hall–Kier alpha value is -2.97. The minimum absolute atomic E-state index is 0.110. The highest BCUT2D eigenvalue weighted by molar-refractivity contribution is 7.20. The molecular weight excluding hydrogens is 420 g/mol. The summed E-state index contributed by atoms with van der Waals surface area (Å²) in [7, 11) is 2.21. The van der Waals surface area contributed by atoms with E-state index >= 15 is 0 Å². The molecule has 2 atom stereocenters. The molecule has 0 spiro atoms. The number of likely N-dealkylation sites (N-methyl/N-ethyl adjacent to an activating group) is 1. The first-order valence-electron chi connectivity index (χ1n) is 11.2. The van der Waals surface area contributed by atoms with E-state index in [-0.39, 0.29) is 5.91 Å². The van der Waals surface area contributed by atoms with Crippen molar-refractivity contribution in [2.24, 2.45) is 5.92 Å². The summed E-state index contributed by atoms with van der Waals surface area (Å²) in [4.78, 5) is 28.8. The Bertz CT molecular complexity index is 1330. The molecule has 164 valence electrons. The Labute approximate surface area is 190 Å². The van der Waals surface area contributed by atoms with Gasteiger partial charge in [0, 0.05) is 36.9 Å². The molecule has 32 heavy (non-hydrogen) atoms. The molecule has 2 unspecified atom stereocenters. The van der Waals surface area contributed by atoms with E-state index in [0.29, 0.717) is 10.9 Å². The topological polar surface area (TPSA) is 65.8 Å². The fourth-order valence-corrected chi connectivity index (χ4v) is 6.07. The van der Waals surface area contributed by atoms with Gasteiger partial charge >= 0.3 is 0 Å². The number of nitrogens with one attached hydrogen (secondary N) is 1. The van der Waals surface area contributed by atoms with Gasteiger partial charge in [-0.2, -0.15) is 0 Å². The van der Waals surface area contributed by atoms with Crippen molar-refractivity contribution in [3.05, 3.63) is 53.3 Å². The summed E-state index contributed by atoms with van der Waals surface area (Å²) in [5.74, 6) is 1.70. The molecule has 1 amide bonds. The highest BCUT2D eigenvalue weighted by atomic mass is 32.1. The van der Waals surface area contributed by atoms with Crippen molar-refractivity contribution in [2.75, 3.05) is 36.9 Å². The van der Waals surface area contributed by atoms with Crippen molar-refractivity contribution < 1.29 is 4.79 Å². The number of pyridine rings is 2. The van der Waals surface area contributed by atoms with Crippen molar-refractivity contribution >= 4 is 44.6 Å². The van der Waals surface area contributed by atoms with Crippen LogP contribution in [0.1, 0.15) is 28.2 Å². The highest BCUT2D eigenvalue weighted by Crippen LogP contribution is 2.35. The van der Waals surface area contributed by atoms with Gasteiger partial charge in [-0.05, 0) is 69.6 Å². The van der Waals surface area contributed by atoms with Gasteiger partial charge in [0.05, 0.1) is 16.3 Å². The van der Waals surface area contributed by atoms with Gasteiger partial charge in [-0.3, -0.25) is 4.79 Å². The zero-order chi connectivity index (χ0) is 21.8. The Kier molecular flexibility index (Phi) is 4.66. The maximum atomic E-state index is 12.9. The molecule has 6 heterocycles. The number of anilines is 2. The number of carbonyl (C=O) groups excluding carboxylic acids is 1. The standard InChI is InChI=1S/C24H26N6OS/c1-15-12-29-13-18(4-6-21(29)25-15)26-23(31)20-11-17-3-5-22(27-24(17)32-20)30-10-8-16-7-9-28(2)14-19(16)30/h3-6,11-13,16,19H,7-10,14H2,1-2H3,(H,26,31). The highest BCUT2D eigenvalue weighted by Gasteiger charge is 2.38. The van der Waals surface area contributed by atoms with Crippen LogP contribution in [0.15, 0.2) is 42.7 Å². The molecule has 7 nitrogen and oxygen atoms in total. The first-order valence-corrected chi connectivity index (χ1v) is 12.0. The number of aromatic nitrogens is 3. The van der Waals surface area contributed by atoms with Crippen LogP contribution in [0.4, 0.5) is 11.5 Å². The van der Waals surface area contributed by atoms with Crippen LogP contribution in [0.5, 0.6) is 0 Å². The first-order chi connectivity index (χ1) is 15.5. The third-order valence-corrected chi connectivity index (χ3v) is 7.82. The number of imidazole rings is 1. The molecule has 0 aromatic carbocycles. The lowest BCUT2D eigenvalue weighted by Crippen LogP contribution is -2.46. The van der Waals surface area contributed by atoms with Gasteiger partial charge in [0.2, 0.25) is 0 Å². The molecule has 6 rings (SSSR count). The van der Waals surface area contributed by atoms with Gasteiger partial charge in [0.15, 0.2) is 0 Å². The largest absolute Gasteiger partial charge is 0.352 e. The fraction of sp³-hybridized carbons (Fsp3) is 0.375. The van der Waals surface area contributed by atoms with Crippen LogP contribution in [0.25, 0.3) is 15.9 Å². The molecule has 8 heteroatoms. The number of likely N-dealkylation sites (tertiary alicyclic amines) is 1. The number of carbonyl (C=O) groups is 1. The number of aryl methyl sites for hydroxylation is 1. The van der Waals surface area contributed by atoms with Gasteiger partial charge in [0.1, 0.15) is 16.3 Å². The molecule has 0 radical (unpaired) electrons. The number of piperidine rings is 1. The van der Waals surface area contributed by atoms with E-state index in [0.717, 1.165) is 52.1 Å². The second kappa shape index (κ2) is 7.56. The number of rotatable bonds is 3. The summed E-state index contributed by atoms with van der Waals surface area (Å²) in [5, 5.41) is 4.03. The van der Waals surface area contributed by atoms with Crippen LogP contribution in [-0.4, -0.2) is 57.9 Å². The number of fused-ring (bicyclic) bond motifs is 3. The second-order valence-electron chi connectivity index (χ2n) is 9.05. The van der Waals surface area contributed by atoms with E-state index in [9.17, 15) is 4.79 Å². The lowest BCUT2D eigenvalue weighted by molar-refractivity contribution is 0.103. The van der Waals surface area contributed by atoms with Crippen molar-refractivity contribution in [3.63, 3.8) is 0 Å². The number of thiophene rings is 1. The molecule has 4 aromatic heterocycles. The zero-order valence-corrected chi connectivity index (χ0v) is 19.1. The van der Waals surface area contributed by atoms with Crippen molar-refractivity contribution in [1.82, 2.24) is 19.3 Å². The monoisotopic (exact) mass is 446 g/mol. The summed E-state index contributed by atoms with van der Waals surface area (Å²) >= 11 is 1.46. The van der Waals surface area contributed by atoms with Crippen LogP contribution < -0.4 is 10.2 Å². The van der Waals surface area contributed by atoms with Crippen LogP contribution in [0.3, 0.4) is 0 Å². The van der Waals surface area contributed by atoms with E-state index in [1.807, 2.05) is 41.9 Å². The van der Waals surface area contributed by atoms with Crippen LogP contribution in [0.2, 0.25) is 0 Å². The number of hydrogen-bond acceptors (Lipinski definition) is 6. The average Bonchev–Trinajstić information content (AvgIpc) is 3.47. The molecule has 2 aliphatic heterocycles. The molecule has 1 N–H and O–H groups in total. The van der Waals surface area contributed by atoms with Gasteiger partial charge in [-0.1, -0.05) is 0 Å². The zero-order valence-electron chi connectivity index (χ0n) is 18.3. The van der Waals surface area contributed by atoms with Crippen LogP contribution in [0, 0.1) is 12.8 Å². The minimum Gasteiger partial charge on any atom is -0.352 e. The summed E-state index contributed by atoms with van der Waals surface area (Å²) in [6.45, 7) is 5.32. The number of hydrogen-bond donors (Lipinski definition) is 1. The fourth-order valence-electron chi connectivity index (χ4n) is 5.15. The third-order valence-electron chi connectivity index (χ3n) is 6.78. The lowest BCUT2D eigenvalue weighted by atomic mass is 9.92. The molecule has 0 bridgehead atoms. The molecule has 0 aliphatic carbocycles. The van der Waals surface area contributed by atoms with Gasteiger partial charge in [-0.15, -0.1) is 11.3 Å². The lowest BCUT2D eigenvalue weighted by Gasteiger charge is -2.37. The predicted molar refractivity (Wildman–Crippen MR) is 129 cm³/mol. The Morgan fingerprint density at radius 3 is 2.91 bits per heavy atom. The van der Waals surface area contributed by atoms with E-state index in [1.54, 1.807) is 0 Å². The van der Waals surface area contributed by atoms with Crippen LogP contribution in [-0.2, 0) is 0 Å². The minimum atomic E-state index is -0.110. The van der Waals surface area contributed by atoms with Gasteiger partial charge in [-0.25, -0.2) is 9.97 Å². The average molecular weight is 447 g/mol. The number of amides is 1. The van der Waals surface area contributed by atoms with Crippen molar-refractivity contribution in [1.29, 1.82) is 0 Å². The molecular formula is C24H26N6OS. The molecule has 2 aliphatic rings. The second-order valence-corrected chi connectivity index (χ2v) is 10.1. The number of nitrogens with zero attached hydrogens (tertiary/aromatic N) is 5. The van der Waals surface area contributed by atoms with Crippen molar-refractivity contribution in [3.8, 4) is 0 Å². The summed E-state index contributed by atoms with van der Waals surface area (Å²) < 4.78 is 1.93. The van der Waals surface area contributed by atoms with E-state index in [2.05, 4.69) is 39.3 Å². The van der Waals surface area contributed by atoms with E-state index in [1.165, 1.54) is 30.7 Å². The summed E-state index contributed by atoms with van der Waals surface area (Å²) in [5.41, 5.74) is 2.56. The first kappa shape index (κ1) is 19.7. The maximum Gasteiger partial charge on any atom is 0.265 e.